The molecular formula is C11H20N4O3S2. The fourth-order valence-electron chi connectivity index (χ4n) is 1.32. The van der Waals surface area contributed by atoms with Gasteiger partial charge in [0.2, 0.25) is 19.3 Å². The van der Waals surface area contributed by atoms with Crippen molar-refractivity contribution in [1.29, 1.82) is 0 Å². The van der Waals surface area contributed by atoms with E-state index in [2.05, 4.69) is 10.2 Å². The zero-order valence-electron chi connectivity index (χ0n) is 12.3. The van der Waals surface area contributed by atoms with Gasteiger partial charge in [0.05, 0.1) is 5.75 Å². The van der Waals surface area contributed by atoms with Gasteiger partial charge < -0.3 is 4.90 Å². The molecule has 0 radical (unpaired) electrons. The first kappa shape index (κ1) is 16.8. The molecule has 7 nitrogen and oxygen atoms in total. The van der Waals surface area contributed by atoms with E-state index in [-0.39, 0.29) is 21.3 Å². The predicted molar refractivity (Wildman–Crippen MR) is 78.9 cm³/mol. The number of anilines is 1. The van der Waals surface area contributed by atoms with Crippen molar-refractivity contribution in [1.82, 2.24) is 15.1 Å². The summed E-state index contributed by atoms with van der Waals surface area (Å²) in [6.07, 6.45) is 0.573. The summed E-state index contributed by atoms with van der Waals surface area (Å²) in [5, 5.41) is 7.75. The fourth-order valence-corrected chi connectivity index (χ4v) is 3.96. The summed E-state index contributed by atoms with van der Waals surface area (Å²) in [5.74, 6) is 0.347. The standard InChI is InChI=1S/C11H20N4O3S2/c1-8(2)6-7-20(17,18)10-13-12-9(19-10)15(5)11(16)14(3)4/h8H,6-7H2,1-5H3. The van der Waals surface area contributed by atoms with Gasteiger partial charge in [0, 0.05) is 21.1 Å². The summed E-state index contributed by atoms with van der Waals surface area (Å²) in [7, 11) is 1.34. The summed E-state index contributed by atoms with van der Waals surface area (Å²) >= 11 is 0.914. The Balaban J connectivity index is 2.89. The van der Waals surface area contributed by atoms with E-state index in [1.807, 2.05) is 13.8 Å². The molecule has 0 atom stereocenters. The van der Waals surface area contributed by atoms with E-state index < -0.39 is 9.84 Å². The van der Waals surface area contributed by atoms with E-state index in [0.717, 1.165) is 11.3 Å². The Hall–Kier alpha value is -1.22. The molecule has 0 aliphatic carbocycles. The number of hydrogen-bond acceptors (Lipinski definition) is 6. The Labute approximate surface area is 123 Å². The van der Waals surface area contributed by atoms with Gasteiger partial charge in [0.25, 0.3) is 0 Å². The molecule has 1 aromatic heterocycles. The molecular weight excluding hydrogens is 300 g/mol. The van der Waals surface area contributed by atoms with Crippen molar-refractivity contribution < 1.29 is 13.2 Å². The maximum Gasteiger partial charge on any atom is 0.325 e. The van der Waals surface area contributed by atoms with Crippen LogP contribution in [0.3, 0.4) is 0 Å². The molecule has 0 unspecified atom stereocenters. The monoisotopic (exact) mass is 320 g/mol. The number of amides is 2. The number of carbonyl (C=O) groups excluding carboxylic acids is 1. The molecule has 0 saturated heterocycles. The normalized spacial score (nSPS) is 11.7. The highest BCUT2D eigenvalue weighted by molar-refractivity contribution is 7.93. The second-order valence-electron chi connectivity index (χ2n) is 5.09. The molecule has 2 amide bonds. The van der Waals surface area contributed by atoms with E-state index in [1.165, 1.54) is 16.8 Å². The number of carbonyl (C=O) groups is 1. The Morgan fingerprint density at radius 3 is 2.35 bits per heavy atom. The smallest absolute Gasteiger partial charge is 0.325 e. The molecule has 20 heavy (non-hydrogen) atoms. The summed E-state index contributed by atoms with van der Waals surface area (Å²) in [6, 6.07) is -0.285. The first-order valence-electron chi connectivity index (χ1n) is 6.16. The Bertz CT molecular complexity index is 566. The maximum atomic E-state index is 12.1. The number of urea groups is 1. The van der Waals surface area contributed by atoms with Gasteiger partial charge in [-0.3, -0.25) is 4.90 Å². The van der Waals surface area contributed by atoms with Crippen molar-refractivity contribution in [2.45, 2.75) is 24.6 Å². The minimum atomic E-state index is -3.42. The van der Waals surface area contributed by atoms with Gasteiger partial charge in [-0.05, 0) is 12.3 Å². The third kappa shape index (κ3) is 4.14. The first-order valence-corrected chi connectivity index (χ1v) is 8.63. The molecule has 0 aliphatic rings. The zero-order chi connectivity index (χ0) is 15.5. The maximum absolute atomic E-state index is 12.1. The summed E-state index contributed by atoms with van der Waals surface area (Å²) in [4.78, 5) is 14.4. The van der Waals surface area contributed by atoms with Crippen LogP contribution in [0.25, 0.3) is 0 Å². The SMILES string of the molecule is CC(C)CCS(=O)(=O)c1nnc(N(C)C(=O)N(C)C)s1. The third-order valence-electron chi connectivity index (χ3n) is 2.58. The third-order valence-corrected chi connectivity index (χ3v) is 5.78. The number of rotatable bonds is 5. The van der Waals surface area contributed by atoms with E-state index >= 15 is 0 Å². The quantitative estimate of drug-likeness (QED) is 0.767. The molecule has 0 N–H and O–H groups in total. The van der Waals surface area contributed by atoms with Gasteiger partial charge in [-0.1, -0.05) is 25.2 Å². The number of sulfone groups is 1. The largest absolute Gasteiger partial charge is 0.330 e. The highest BCUT2D eigenvalue weighted by Gasteiger charge is 2.24. The minimum absolute atomic E-state index is 0.0356. The predicted octanol–water partition coefficient (Wildman–Crippen LogP) is 1.48. The highest BCUT2D eigenvalue weighted by atomic mass is 32.2. The van der Waals surface area contributed by atoms with Gasteiger partial charge in [0.15, 0.2) is 0 Å². The molecule has 0 spiro atoms. The summed E-state index contributed by atoms with van der Waals surface area (Å²) < 4.78 is 24.1. The van der Waals surface area contributed by atoms with Gasteiger partial charge >= 0.3 is 6.03 Å². The highest BCUT2D eigenvalue weighted by Crippen LogP contribution is 2.25. The van der Waals surface area contributed by atoms with E-state index in [4.69, 9.17) is 0 Å². The Morgan fingerprint density at radius 2 is 1.85 bits per heavy atom. The van der Waals surface area contributed by atoms with E-state index in [0.29, 0.717) is 12.3 Å². The second kappa shape index (κ2) is 6.49. The lowest BCUT2D eigenvalue weighted by Crippen LogP contribution is -2.36. The summed E-state index contributed by atoms with van der Waals surface area (Å²) in [6.45, 7) is 3.93. The lowest BCUT2D eigenvalue weighted by Gasteiger charge is -2.18. The minimum Gasteiger partial charge on any atom is -0.330 e. The molecule has 0 saturated carbocycles. The van der Waals surface area contributed by atoms with E-state index in [1.54, 1.807) is 14.1 Å². The van der Waals surface area contributed by atoms with Crippen molar-refractivity contribution >= 4 is 32.3 Å². The van der Waals surface area contributed by atoms with Crippen molar-refractivity contribution in [3.05, 3.63) is 0 Å². The molecule has 114 valence electrons. The van der Waals surface area contributed by atoms with Crippen molar-refractivity contribution in [3.8, 4) is 0 Å². The van der Waals surface area contributed by atoms with E-state index in [9.17, 15) is 13.2 Å². The van der Waals surface area contributed by atoms with Gasteiger partial charge in [-0.15, -0.1) is 10.2 Å². The number of nitrogens with zero attached hydrogens (tertiary/aromatic N) is 4. The number of hydrogen-bond donors (Lipinski definition) is 0. The van der Waals surface area contributed by atoms with Crippen LogP contribution in [0.1, 0.15) is 20.3 Å². The lowest BCUT2D eigenvalue weighted by molar-refractivity contribution is 0.225. The van der Waals surface area contributed by atoms with Gasteiger partial charge in [-0.2, -0.15) is 0 Å². The van der Waals surface area contributed by atoms with Crippen LogP contribution >= 0.6 is 11.3 Å². The molecule has 9 heteroatoms. The van der Waals surface area contributed by atoms with Crippen LogP contribution in [-0.4, -0.2) is 56.4 Å². The Morgan fingerprint density at radius 1 is 1.25 bits per heavy atom. The van der Waals surface area contributed by atoms with Crippen LogP contribution in [-0.2, 0) is 9.84 Å². The number of aromatic nitrogens is 2. The molecule has 0 aliphatic heterocycles. The average molecular weight is 320 g/mol. The topological polar surface area (TPSA) is 83.5 Å². The second-order valence-corrected chi connectivity index (χ2v) is 8.33. The molecule has 1 heterocycles. The van der Waals surface area contributed by atoms with Crippen LogP contribution in [0.15, 0.2) is 4.34 Å². The Kier molecular flexibility index (Phi) is 5.46. The molecule has 1 aromatic rings. The van der Waals surface area contributed by atoms with Crippen molar-refractivity contribution in [3.63, 3.8) is 0 Å². The lowest BCUT2D eigenvalue weighted by atomic mass is 10.2. The van der Waals surface area contributed by atoms with Crippen LogP contribution in [0.2, 0.25) is 0 Å². The van der Waals surface area contributed by atoms with Crippen molar-refractivity contribution in [2.24, 2.45) is 5.92 Å². The fraction of sp³-hybridized carbons (Fsp3) is 0.727. The van der Waals surface area contributed by atoms with Gasteiger partial charge in [0.1, 0.15) is 0 Å². The van der Waals surface area contributed by atoms with Crippen LogP contribution < -0.4 is 4.90 Å². The molecule has 0 bridgehead atoms. The summed E-state index contributed by atoms with van der Waals surface area (Å²) in [5.41, 5.74) is 0. The van der Waals surface area contributed by atoms with Crippen LogP contribution in [0, 0.1) is 5.92 Å². The average Bonchev–Trinajstić information content (AvgIpc) is 2.84. The molecule has 0 fully saturated rings. The van der Waals surface area contributed by atoms with Crippen LogP contribution in [0.5, 0.6) is 0 Å². The van der Waals surface area contributed by atoms with Crippen molar-refractivity contribution in [2.75, 3.05) is 31.8 Å². The molecule has 0 aromatic carbocycles. The zero-order valence-corrected chi connectivity index (χ0v) is 14.0. The van der Waals surface area contributed by atoms with Gasteiger partial charge in [-0.25, -0.2) is 13.2 Å². The van der Waals surface area contributed by atoms with Crippen LogP contribution in [0.4, 0.5) is 9.93 Å². The first-order chi connectivity index (χ1) is 9.15. The molecule has 1 rings (SSSR count).